The van der Waals surface area contributed by atoms with Gasteiger partial charge in [0.1, 0.15) is 0 Å². The Morgan fingerprint density at radius 2 is 2.25 bits per heavy atom. The first kappa shape index (κ1) is 11.8. The maximum atomic E-state index is 4.34. The summed E-state index contributed by atoms with van der Waals surface area (Å²) in [5.41, 5.74) is 1.38. The summed E-state index contributed by atoms with van der Waals surface area (Å²) in [6.07, 6.45) is 1.99. The number of rotatable bonds is 4. The van der Waals surface area contributed by atoms with E-state index in [0.717, 1.165) is 11.6 Å². The number of thiazole rings is 1. The van der Waals surface area contributed by atoms with Crippen molar-refractivity contribution in [1.29, 1.82) is 0 Å². The normalized spacial score (nSPS) is 12.9. The first-order chi connectivity index (χ1) is 7.72. The zero-order valence-corrected chi connectivity index (χ0v) is 11.4. The lowest BCUT2D eigenvalue weighted by Crippen LogP contribution is -2.21. The molecule has 1 unspecified atom stereocenters. The molecule has 0 aromatic carbocycles. The lowest BCUT2D eigenvalue weighted by Gasteiger charge is -2.15. The third kappa shape index (κ3) is 2.34. The van der Waals surface area contributed by atoms with E-state index in [9.17, 15) is 0 Å². The molecule has 16 heavy (non-hydrogen) atoms. The van der Waals surface area contributed by atoms with Crippen molar-refractivity contribution in [2.75, 3.05) is 6.54 Å². The van der Waals surface area contributed by atoms with Crippen LogP contribution in [-0.2, 0) is 0 Å². The summed E-state index contributed by atoms with van der Waals surface area (Å²) in [4.78, 5) is 7.03. The monoisotopic (exact) mass is 252 g/mol. The Hall–Kier alpha value is -0.710. The Morgan fingerprint density at radius 3 is 2.75 bits per heavy atom. The second kappa shape index (κ2) is 5.08. The molecule has 2 aromatic heterocycles. The third-order valence-corrected chi connectivity index (χ3v) is 4.38. The van der Waals surface area contributed by atoms with Gasteiger partial charge in [-0.05, 0) is 37.4 Å². The van der Waals surface area contributed by atoms with Crippen LogP contribution in [0, 0.1) is 13.8 Å². The van der Waals surface area contributed by atoms with Gasteiger partial charge in [0.25, 0.3) is 0 Å². The second-order valence-electron chi connectivity index (χ2n) is 3.70. The Labute approximate surface area is 104 Å². The number of nitrogens with one attached hydrogen (secondary N) is 1. The highest BCUT2D eigenvalue weighted by Gasteiger charge is 2.17. The van der Waals surface area contributed by atoms with Crippen LogP contribution in [0.15, 0.2) is 17.6 Å². The topological polar surface area (TPSA) is 24.9 Å². The molecule has 2 rings (SSSR count). The number of aryl methyl sites for hydroxylation is 2. The average molecular weight is 252 g/mol. The predicted octanol–water partition coefficient (Wildman–Crippen LogP) is 3.52. The van der Waals surface area contributed by atoms with Crippen molar-refractivity contribution in [3.8, 4) is 0 Å². The molecule has 0 spiro atoms. The highest BCUT2D eigenvalue weighted by atomic mass is 32.1. The minimum atomic E-state index is 0.308. The second-order valence-corrected chi connectivity index (χ2v) is 6.09. The number of thiophene rings is 1. The highest BCUT2D eigenvalue weighted by molar-refractivity contribution is 7.11. The van der Waals surface area contributed by atoms with Gasteiger partial charge < -0.3 is 5.32 Å². The van der Waals surface area contributed by atoms with Crippen LogP contribution in [0.25, 0.3) is 0 Å². The summed E-state index contributed by atoms with van der Waals surface area (Å²) in [6, 6.07) is 2.52. The molecule has 0 aliphatic rings. The average Bonchev–Trinajstić information content (AvgIpc) is 2.84. The zero-order valence-electron chi connectivity index (χ0n) is 9.78. The van der Waals surface area contributed by atoms with Gasteiger partial charge in [-0.15, -0.1) is 22.7 Å². The molecule has 2 nitrogen and oxygen atoms in total. The van der Waals surface area contributed by atoms with E-state index in [1.54, 1.807) is 22.7 Å². The molecule has 0 saturated carbocycles. The predicted molar refractivity (Wildman–Crippen MR) is 71.4 cm³/mol. The summed E-state index contributed by atoms with van der Waals surface area (Å²) in [7, 11) is 0. The molecule has 0 radical (unpaired) electrons. The van der Waals surface area contributed by atoms with E-state index in [1.165, 1.54) is 15.3 Å². The van der Waals surface area contributed by atoms with Gasteiger partial charge in [-0.2, -0.15) is 0 Å². The van der Waals surface area contributed by atoms with Crippen LogP contribution in [0.1, 0.15) is 33.3 Å². The molecular formula is C12H16N2S2. The van der Waals surface area contributed by atoms with Gasteiger partial charge in [-0.1, -0.05) is 6.92 Å². The fourth-order valence-electron chi connectivity index (χ4n) is 1.77. The molecule has 1 atom stereocenters. The Morgan fingerprint density at radius 1 is 1.44 bits per heavy atom. The molecular weight excluding hydrogens is 236 g/mol. The van der Waals surface area contributed by atoms with Gasteiger partial charge in [-0.25, -0.2) is 4.98 Å². The molecule has 0 amide bonds. The minimum absolute atomic E-state index is 0.308. The molecule has 2 aromatic rings. The maximum Gasteiger partial charge on any atom is 0.0897 e. The smallest absolute Gasteiger partial charge is 0.0897 e. The number of aromatic nitrogens is 1. The van der Waals surface area contributed by atoms with Crippen LogP contribution in [0.5, 0.6) is 0 Å². The van der Waals surface area contributed by atoms with Gasteiger partial charge in [0, 0.05) is 16.0 Å². The Bertz CT molecular complexity index is 459. The number of hydrogen-bond donors (Lipinski definition) is 1. The van der Waals surface area contributed by atoms with Crippen LogP contribution >= 0.6 is 22.7 Å². The fraction of sp³-hybridized carbons (Fsp3) is 0.417. The molecule has 0 fully saturated rings. The van der Waals surface area contributed by atoms with Crippen molar-refractivity contribution in [2.24, 2.45) is 0 Å². The molecule has 2 heterocycles. The standard InChI is InChI=1S/C12H16N2S2/c1-4-13-12(10-5-6-15-8(10)2)11-7-14-9(3)16-11/h5-7,12-13H,4H2,1-3H3. The molecule has 0 aliphatic carbocycles. The first-order valence-corrected chi connectivity index (χ1v) is 7.11. The SMILES string of the molecule is CCNC(c1cnc(C)s1)c1ccsc1C. The Balaban J connectivity index is 2.34. The molecule has 86 valence electrons. The molecule has 4 heteroatoms. The third-order valence-electron chi connectivity index (χ3n) is 2.54. The van der Waals surface area contributed by atoms with Crippen molar-refractivity contribution in [3.05, 3.63) is 38.0 Å². The summed E-state index contributed by atoms with van der Waals surface area (Å²) >= 11 is 3.58. The molecule has 0 bridgehead atoms. The van der Waals surface area contributed by atoms with Crippen LogP contribution in [0.2, 0.25) is 0 Å². The van der Waals surface area contributed by atoms with Gasteiger partial charge in [0.05, 0.1) is 11.0 Å². The largest absolute Gasteiger partial charge is 0.306 e. The van der Waals surface area contributed by atoms with Crippen molar-refractivity contribution >= 4 is 22.7 Å². The van der Waals surface area contributed by atoms with E-state index in [4.69, 9.17) is 0 Å². The van der Waals surface area contributed by atoms with Gasteiger partial charge in [-0.3, -0.25) is 0 Å². The van der Waals surface area contributed by atoms with E-state index in [1.807, 2.05) is 6.20 Å². The number of nitrogens with zero attached hydrogens (tertiary/aromatic N) is 1. The lowest BCUT2D eigenvalue weighted by atomic mass is 10.1. The van der Waals surface area contributed by atoms with Crippen molar-refractivity contribution in [1.82, 2.24) is 10.3 Å². The first-order valence-electron chi connectivity index (χ1n) is 5.42. The summed E-state index contributed by atoms with van der Waals surface area (Å²) in [5.74, 6) is 0. The van der Waals surface area contributed by atoms with E-state index in [2.05, 4.69) is 42.5 Å². The van der Waals surface area contributed by atoms with Crippen molar-refractivity contribution in [3.63, 3.8) is 0 Å². The fourth-order valence-corrected chi connectivity index (χ4v) is 3.39. The Kier molecular flexibility index (Phi) is 3.74. The van der Waals surface area contributed by atoms with E-state index >= 15 is 0 Å². The van der Waals surface area contributed by atoms with Crippen molar-refractivity contribution < 1.29 is 0 Å². The highest BCUT2D eigenvalue weighted by Crippen LogP contribution is 2.30. The van der Waals surface area contributed by atoms with Crippen LogP contribution in [0.3, 0.4) is 0 Å². The summed E-state index contributed by atoms with van der Waals surface area (Å²) < 4.78 is 0. The number of hydrogen-bond acceptors (Lipinski definition) is 4. The van der Waals surface area contributed by atoms with Gasteiger partial charge in [0.15, 0.2) is 0 Å². The molecule has 1 N–H and O–H groups in total. The zero-order chi connectivity index (χ0) is 11.5. The molecule has 0 aliphatic heterocycles. The van der Waals surface area contributed by atoms with Gasteiger partial charge in [0.2, 0.25) is 0 Å². The summed E-state index contributed by atoms with van der Waals surface area (Å²) in [5, 5.41) is 6.82. The van der Waals surface area contributed by atoms with Crippen molar-refractivity contribution in [2.45, 2.75) is 26.8 Å². The van der Waals surface area contributed by atoms with Crippen LogP contribution in [-0.4, -0.2) is 11.5 Å². The quantitative estimate of drug-likeness (QED) is 0.900. The maximum absolute atomic E-state index is 4.34. The van der Waals surface area contributed by atoms with Crippen LogP contribution in [0.4, 0.5) is 0 Å². The van der Waals surface area contributed by atoms with E-state index in [0.29, 0.717) is 6.04 Å². The summed E-state index contributed by atoms with van der Waals surface area (Å²) in [6.45, 7) is 7.34. The molecule has 0 saturated heterocycles. The lowest BCUT2D eigenvalue weighted by molar-refractivity contribution is 0.638. The van der Waals surface area contributed by atoms with E-state index in [-0.39, 0.29) is 0 Å². The van der Waals surface area contributed by atoms with E-state index < -0.39 is 0 Å². The minimum Gasteiger partial charge on any atom is -0.306 e. The van der Waals surface area contributed by atoms with Gasteiger partial charge >= 0.3 is 0 Å². The van der Waals surface area contributed by atoms with Crippen LogP contribution < -0.4 is 5.32 Å².